The molecule has 0 amide bonds. The minimum absolute atomic E-state index is 0.598. The third kappa shape index (κ3) is 4.13. The smallest absolute Gasteiger partial charge is 0.121 e. The first-order valence-electron chi connectivity index (χ1n) is 7.40. The number of nitrogens with zero attached hydrogens (tertiary/aromatic N) is 1. The highest BCUT2D eigenvalue weighted by Crippen LogP contribution is 2.23. The zero-order valence-corrected chi connectivity index (χ0v) is 12.4. The molecule has 1 aliphatic heterocycles. The number of benzene rings is 1. The Morgan fingerprint density at radius 2 is 2.21 bits per heavy atom. The molecular formula is C16H26N2O. The molecule has 0 spiro atoms. The van der Waals surface area contributed by atoms with Crippen LogP contribution in [0, 0.1) is 5.92 Å². The minimum atomic E-state index is 0.598. The van der Waals surface area contributed by atoms with E-state index in [2.05, 4.69) is 42.3 Å². The van der Waals surface area contributed by atoms with Crippen LogP contribution in [-0.4, -0.2) is 32.3 Å². The molecule has 2 atom stereocenters. The fourth-order valence-electron chi connectivity index (χ4n) is 2.56. The van der Waals surface area contributed by atoms with Crippen molar-refractivity contribution in [2.75, 3.05) is 31.1 Å². The van der Waals surface area contributed by atoms with Gasteiger partial charge in [0.1, 0.15) is 5.75 Å². The highest BCUT2D eigenvalue weighted by Gasteiger charge is 2.17. The van der Waals surface area contributed by atoms with Gasteiger partial charge >= 0.3 is 0 Å². The van der Waals surface area contributed by atoms with Crippen LogP contribution in [0.2, 0.25) is 0 Å². The highest BCUT2D eigenvalue weighted by molar-refractivity contribution is 5.50. The summed E-state index contributed by atoms with van der Waals surface area (Å²) in [5.41, 5.74) is 1.28. The van der Waals surface area contributed by atoms with Gasteiger partial charge in [0.25, 0.3) is 0 Å². The minimum Gasteiger partial charge on any atom is -0.494 e. The third-order valence-electron chi connectivity index (χ3n) is 3.67. The van der Waals surface area contributed by atoms with Crippen LogP contribution >= 0.6 is 0 Å². The van der Waals surface area contributed by atoms with Crippen LogP contribution in [0.4, 0.5) is 5.69 Å². The summed E-state index contributed by atoms with van der Waals surface area (Å²) in [6.07, 6.45) is 1.19. The van der Waals surface area contributed by atoms with Crippen molar-refractivity contribution in [2.45, 2.75) is 33.2 Å². The molecule has 106 valence electrons. The van der Waals surface area contributed by atoms with Crippen LogP contribution in [0.1, 0.15) is 27.2 Å². The van der Waals surface area contributed by atoms with Gasteiger partial charge in [-0.1, -0.05) is 13.0 Å². The molecule has 2 unspecified atom stereocenters. The fourth-order valence-corrected chi connectivity index (χ4v) is 2.56. The van der Waals surface area contributed by atoms with Crippen molar-refractivity contribution in [1.82, 2.24) is 5.32 Å². The summed E-state index contributed by atoms with van der Waals surface area (Å²) in [5.74, 6) is 1.64. The molecule has 1 aromatic rings. The molecule has 0 saturated carbocycles. The van der Waals surface area contributed by atoms with E-state index in [-0.39, 0.29) is 0 Å². The Morgan fingerprint density at radius 3 is 3.00 bits per heavy atom. The summed E-state index contributed by atoms with van der Waals surface area (Å²) >= 11 is 0. The maximum atomic E-state index is 5.60. The van der Waals surface area contributed by atoms with E-state index in [0.29, 0.717) is 12.0 Å². The predicted molar refractivity (Wildman–Crippen MR) is 81.1 cm³/mol. The van der Waals surface area contributed by atoms with Gasteiger partial charge in [-0.15, -0.1) is 0 Å². The van der Waals surface area contributed by atoms with Gasteiger partial charge in [-0.2, -0.15) is 0 Å². The number of hydrogen-bond donors (Lipinski definition) is 1. The van der Waals surface area contributed by atoms with Gasteiger partial charge in [0.05, 0.1) is 6.61 Å². The largest absolute Gasteiger partial charge is 0.494 e. The van der Waals surface area contributed by atoms with Gasteiger partial charge in [0, 0.05) is 30.9 Å². The van der Waals surface area contributed by atoms with Gasteiger partial charge in [-0.3, -0.25) is 0 Å². The lowest BCUT2D eigenvalue weighted by molar-refractivity contribution is 0.340. The molecule has 1 saturated heterocycles. The first-order chi connectivity index (χ1) is 9.19. The van der Waals surface area contributed by atoms with E-state index in [0.717, 1.165) is 32.0 Å². The van der Waals surface area contributed by atoms with Crippen molar-refractivity contribution in [1.29, 1.82) is 0 Å². The van der Waals surface area contributed by atoms with E-state index in [4.69, 9.17) is 4.74 Å². The van der Waals surface area contributed by atoms with E-state index >= 15 is 0 Å². The number of anilines is 1. The summed E-state index contributed by atoms with van der Waals surface area (Å²) in [6.45, 7) is 10.6. The quantitative estimate of drug-likeness (QED) is 0.906. The van der Waals surface area contributed by atoms with Crippen LogP contribution in [0.5, 0.6) is 5.75 Å². The van der Waals surface area contributed by atoms with Crippen LogP contribution in [0.25, 0.3) is 0 Å². The molecule has 3 nitrogen and oxygen atoms in total. The van der Waals surface area contributed by atoms with Gasteiger partial charge < -0.3 is 15.0 Å². The molecule has 1 heterocycles. The lowest BCUT2D eigenvalue weighted by Gasteiger charge is -2.33. The highest BCUT2D eigenvalue weighted by atomic mass is 16.5. The summed E-state index contributed by atoms with van der Waals surface area (Å²) < 4.78 is 5.60. The Labute approximate surface area is 116 Å². The topological polar surface area (TPSA) is 24.5 Å². The molecule has 0 radical (unpaired) electrons. The molecule has 0 aromatic heterocycles. The Morgan fingerprint density at radius 1 is 1.37 bits per heavy atom. The average Bonchev–Trinajstić information content (AvgIpc) is 2.40. The molecule has 1 aromatic carbocycles. The second kappa shape index (κ2) is 6.80. The normalized spacial score (nSPS) is 24.7. The van der Waals surface area contributed by atoms with E-state index in [1.807, 2.05) is 13.0 Å². The summed E-state index contributed by atoms with van der Waals surface area (Å²) in [4.78, 5) is 2.49. The van der Waals surface area contributed by atoms with Crippen LogP contribution < -0.4 is 15.0 Å². The second-order valence-corrected chi connectivity index (χ2v) is 5.58. The number of rotatable bonds is 3. The third-order valence-corrected chi connectivity index (χ3v) is 3.67. The predicted octanol–water partition coefficient (Wildman–Crippen LogP) is 2.91. The molecule has 19 heavy (non-hydrogen) atoms. The molecule has 1 N–H and O–H groups in total. The Hall–Kier alpha value is -1.22. The van der Waals surface area contributed by atoms with E-state index in [1.54, 1.807) is 0 Å². The maximum Gasteiger partial charge on any atom is 0.121 e. The molecule has 0 bridgehead atoms. The van der Waals surface area contributed by atoms with Crippen LogP contribution in [0.3, 0.4) is 0 Å². The van der Waals surface area contributed by atoms with E-state index < -0.39 is 0 Å². The number of hydrogen-bond acceptors (Lipinski definition) is 3. The fraction of sp³-hybridized carbons (Fsp3) is 0.625. The first kappa shape index (κ1) is 14.2. The Kier molecular flexibility index (Phi) is 5.08. The molecule has 3 heteroatoms. The molecular weight excluding hydrogens is 236 g/mol. The zero-order chi connectivity index (χ0) is 13.7. The van der Waals surface area contributed by atoms with Gasteiger partial charge in [0.2, 0.25) is 0 Å². The van der Waals surface area contributed by atoms with Gasteiger partial charge in [0.15, 0.2) is 0 Å². The molecule has 2 rings (SSSR count). The number of ether oxygens (including phenoxy) is 1. The van der Waals surface area contributed by atoms with Crippen molar-refractivity contribution in [3.05, 3.63) is 24.3 Å². The summed E-state index contributed by atoms with van der Waals surface area (Å²) in [5, 5.41) is 3.59. The van der Waals surface area contributed by atoms with Crippen molar-refractivity contribution >= 4 is 5.69 Å². The molecule has 0 aliphatic carbocycles. The number of nitrogens with one attached hydrogen (secondary N) is 1. The summed E-state index contributed by atoms with van der Waals surface area (Å²) in [6, 6.07) is 9.07. The Balaban J connectivity index is 2.11. The Bertz CT molecular complexity index is 394. The SMILES string of the molecule is CCOc1cccc(N2CCC(C)NCC(C)C2)c1. The molecule has 1 aliphatic rings. The van der Waals surface area contributed by atoms with Crippen LogP contribution in [0.15, 0.2) is 24.3 Å². The monoisotopic (exact) mass is 262 g/mol. The van der Waals surface area contributed by atoms with E-state index in [1.165, 1.54) is 12.1 Å². The van der Waals surface area contributed by atoms with Crippen molar-refractivity contribution in [3.63, 3.8) is 0 Å². The standard InChI is InChI=1S/C16H26N2O/c1-4-19-16-7-5-6-15(10-16)18-9-8-14(3)17-11-13(2)12-18/h5-7,10,13-14,17H,4,8-9,11-12H2,1-3H3. The lowest BCUT2D eigenvalue weighted by Crippen LogP contribution is -2.42. The first-order valence-corrected chi connectivity index (χ1v) is 7.40. The van der Waals surface area contributed by atoms with Crippen molar-refractivity contribution < 1.29 is 4.74 Å². The maximum absolute atomic E-state index is 5.60. The van der Waals surface area contributed by atoms with E-state index in [9.17, 15) is 0 Å². The van der Waals surface area contributed by atoms with Gasteiger partial charge in [-0.25, -0.2) is 0 Å². The zero-order valence-electron chi connectivity index (χ0n) is 12.4. The summed E-state index contributed by atoms with van der Waals surface area (Å²) in [7, 11) is 0. The van der Waals surface area contributed by atoms with Crippen molar-refractivity contribution in [3.8, 4) is 5.75 Å². The lowest BCUT2D eigenvalue weighted by atomic mass is 10.1. The van der Waals surface area contributed by atoms with Crippen LogP contribution in [-0.2, 0) is 0 Å². The van der Waals surface area contributed by atoms with Crippen molar-refractivity contribution in [2.24, 2.45) is 5.92 Å². The molecule has 1 fully saturated rings. The average molecular weight is 262 g/mol. The second-order valence-electron chi connectivity index (χ2n) is 5.58. The van der Waals surface area contributed by atoms with Gasteiger partial charge in [-0.05, 0) is 44.9 Å².